The van der Waals surface area contributed by atoms with Crippen LogP contribution in [0.2, 0.25) is 0 Å². The maximum Gasteiger partial charge on any atom is 0.256 e. The number of carbonyl (C=O) groups excluding carboxylic acids is 2. The number of benzene rings is 2. The molecule has 3 heterocycles. The highest BCUT2D eigenvalue weighted by Gasteiger charge is 2.47. The van der Waals surface area contributed by atoms with Crippen molar-refractivity contribution >= 4 is 11.8 Å². The van der Waals surface area contributed by atoms with E-state index in [1.165, 1.54) is 0 Å². The summed E-state index contributed by atoms with van der Waals surface area (Å²) in [5.41, 5.74) is 3.53. The van der Waals surface area contributed by atoms with E-state index in [1.807, 2.05) is 62.1 Å². The molecule has 0 unspecified atom stereocenters. The molecule has 0 aliphatic carbocycles. The van der Waals surface area contributed by atoms with Crippen molar-refractivity contribution in [1.29, 1.82) is 0 Å². The Balaban J connectivity index is 1.60. The molecule has 7 heteroatoms. The average molecular weight is 492 g/mol. The van der Waals surface area contributed by atoms with Crippen LogP contribution in [0.1, 0.15) is 79.2 Å². The highest BCUT2D eigenvalue weighted by molar-refractivity contribution is 6.00. The fraction of sp³-hybridized carbons (Fsp3) is 0.517. The lowest BCUT2D eigenvalue weighted by molar-refractivity contribution is -0.145. The second-order valence-electron chi connectivity index (χ2n) is 9.97. The summed E-state index contributed by atoms with van der Waals surface area (Å²) in [6.45, 7) is 8.32. The number of ether oxygens (including phenoxy) is 2. The van der Waals surface area contributed by atoms with Gasteiger partial charge in [0.2, 0.25) is 5.91 Å². The summed E-state index contributed by atoms with van der Waals surface area (Å²) in [5, 5.41) is 6.79. The summed E-state index contributed by atoms with van der Waals surface area (Å²) in [7, 11) is 0. The summed E-state index contributed by atoms with van der Waals surface area (Å²) in [5.74, 6) is 1.12. The maximum absolute atomic E-state index is 14.0. The number of nitrogens with one attached hydrogen (secondary N) is 2. The molecule has 2 aromatic carbocycles. The van der Waals surface area contributed by atoms with Crippen LogP contribution >= 0.6 is 0 Å². The summed E-state index contributed by atoms with van der Waals surface area (Å²) < 4.78 is 12.1. The van der Waals surface area contributed by atoms with E-state index in [1.54, 1.807) is 0 Å². The number of hydrogen-bond acceptors (Lipinski definition) is 5. The zero-order valence-corrected chi connectivity index (χ0v) is 21.5. The highest BCUT2D eigenvalue weighted by atomic mass is 16.5. The second kappa shape index (κ2) is 10.5. The third kappa shape index (κ3) is 4.45. The first-order valence-corrected chi connectivity index (χ1v) is 13.4. The van der Waals surface area contributed by atoms with Crippen molar-refractivity contribution in [2.45, 2.75) is 64.6 Å². The Kier molecular flexibility index (Phi) is 7.19. The van der Waals surface area contributed by atoms with Gasteiger partial charge in [0.1, 0.15) is 0 Å². The Labute approximate surface area is 213 Å². The van der Waals surface area contributed by atoms with Gasteiger partial charge >= 0.3 is 0 Å². The summed E-state index contributed by atoms with van der Waals surface area (Å²) in [6.07, 6.45) is 3.46. The molecule has 7 nitrogen and oxygen atoms in total. The van der Waals surface area contributed by atoms with Gasteiger partial charge in [-0.3, -0.25) is 9.59 Å². The molecule has 2 amide bonds. The van der Waals surface area contributed by atoms with Gasteiger partial charge in [0.15, 0.2) is 11.5 Å². The lowest BCUT2D eigenvalue weighted by Gasteiger charge is -2.49. The minimum Gasteiger partial charge on any atom is -0.490 e. The van der Waals surface area contributed by atoms with Gasteiger partial charge in [-0.1, -0.05) is 30.3 Å². The Morgan fingerprint density at radius 3 is 2.72 bits per heavy atom. The van der Waals surface area contributed by atoms with Crippen molar-refractivity contribution in [1.82, 2.24) is 15.5 Å². The molecule has 2 saturated heterocycles. The Hall–Kier alpha value is -3.06. The standard InChI is InChI=1S/C29H37N3O4/c1-4-35-24-16-20-13-15-32-23(17-22-21(29(32)34)12-9-14-30-22)25(20)26(27(24)36-5-2)28(33)31-18(3)19-10-7-6-8-11-19/h6-8,10-11,16,18,21-23,30H,4-5,9,12-15,17H2,1-3H3,(H,31,33)/t18-,21-,22-,23-/m1/s1. The molecular formula is C29H37N3O4. The molecule has 5 rings (SSSR count). The third-order valence-electron chi connectivity index (χ3n) is 7.83. The van der Waals surface area contributed by atoms with Crippen molar-refractivity contribution in [3.8, 4) is 11.5 Å². The lowest BCUT2D eigenvalue weighted by Crippen LogP contribution is -2.58. The van der Waals surface area contributed by atoms with Crippen LogP contribution in [0.3, 0.4) is 0 Å². The van der Waals surface area contributed by atoms with Crippen LogP contribution in [0.15, 0.2) is 36.4 Å². The van der Waals surface area contributed by atoms with Gasteiger partial charge in [-0.2, -0.15) is 0 Å². The van der Waals surface area contributed by atoms with Crippen LogP contribution in [0.25, 0.3) is 0 Å². The first kappa shape index (κ1) is 24.6. The van der Waals surface area contributed by atoms with Crippen molar-refractivity contribution in [2.24, 2.45) is 5.92 Å². The second-order valence-corrected chi connectivity index (χ2v) is 9.97. The van der Waals surface area contributed by atoms with Gasteiger partial charge in [-0.25, -0.2) is 0 Å². The number of nitrogens with zero attached hydrogens (tertiary/aromatic N) is 1. The number of amides is 2. The number of fused-ring (bicyclic) bond motifs is 4. The van der Waals surface area contributed by atoms with Crippen molar-refractivity contribution in [2.75, 3.05) is 26.3 Å². The Bertz CT molecular complexity index is 1120. The van der Waals surface area contributed by atoms with Gasteiger partial charge in [-0.15, -0.1) is 0 Å². The molecule has 0 aromatic heterocycles. The first-order chi connectivity index (χ1) is 17.5. The van der Waals surface area contributed by atoms with Crippen LogP contribution in [0.4, 0.5) is 0 Å². The SMILES string of the molecule is CCOc1cc2c(c(C(=O)N[C@H](C)c3ccccc3)c1OCC)[C@H]1C[C@H]3NCCC[C@H]3C(=O)N1CC2. The number of carbonyl (C=O) groups is 2. The van der Waals surface area contributed by atoms with E-state index < -0.39 is 0 Å². The molecule has 0 radical (unpaired) electrons. The van der Waals surface area contributed by atoms with Gasteiger partial charge in [0.25, 0.3) is 5.91 Å². The van der Waals surface area contributed by atoms with Crippen molar-refractivity contribution in [3.05, 3.63) is 58.7 Å². The zero-order chi connectivity index (χ0) is 25.2. The molecule has 2 aromatic rings. The molecule has 0 spiro atoms. The highest BCUT2D eigenvalue weighted by Crippen LogP contribution is 2.47. The summed E-state index contributed by atoms with van der Waals surface area (Å²) in [4.78, 5) is 29.6. The minimum atomic E-state index is -0.194. The van der Waals surface area contributed by atoms with Gasteiger partial charge in [0, 0.05) is 12.6 Å². The molecule has 0 saturated carbocycles. The zero-order valence-electron chi connectivity index (χ0n) is 21.5. The summed E-state index contributed by atoms with van der Waals surface area (Å²) in [6, 6.07) is 11.8. The fourth-order valence-corrected chi connectivity index (χ4v) is 6.18. The third-order valence-corrected chi connectivity index (χ3v) is 7.83. The van der Waals surface area contributed by atoms with Crippen molar-refractivity contribution in [3.63, 3.8) is 0 Å². The van der Waals surface area contributed by atoms with E-state index in [-0.39, 0.29) is 35.9 Å². The molecule has 192 valence electrons. The molecular weight excluding hydrogens is 454 g/mol. The first-order valence-electron chi connectivity index (χ1n) is 13.4. The number of piperidine rings is 2. The maximum atomic E-state index is 14.0. The fourth-order valence-electron chi connectivity index (χ4n) is 6.18. The quantitative estimate of drug-likeness (QED) is 0.608. The van der Waals surface area contributed by atoms with Crippen molar-refractivity contribution < 1.29 is 19.1 Å². The van der Waals surface area contributed by atoms with Crippen LogP contribution in [-0.2, 0) is 11.2 Å². The van der Waals surface area contributed by atoms with Gasteiger partial charge < -0.3 is 25.0 Å². The number of hydrogen-bond donors (Lipinski definition) is 2. The number of rotatable bonds is 7. The largest absolute Gasteiger partial charge is 0.490 e. The minimum absolute atomic E-state index is 0.0287. The monoisotopic (exact) mass is 491 g/mol. The van der Waals surface area contributed by atoms with Gasteiger partial charge in [0.05, 0.1) is 36.8 Å². The van der Waals surface area contributed by atoms with E-state index in [2.05, 4.69) is 10.6 Å². The molecule has 4 atom stereocenters. The van der Waals surface area contributed by atoms with Crippen LogP contribution in [-0.4, -0.2) is 49.1 Å². The van der Waals surface area contributed by atoms with Gasteiger partial charge in [-0.05, 0) is 75.8 Å². The Morgan fingerprint density at radius 1 is 1.19 bits per heavy atom. The predicted molar refractivity (Wildman–Crippen MR) is 138 cm³/mol. The van der Waals surface area contributed by atoms with Crippen LogP contribution < -0.4 is 20.1 Å². The van der Waals surface area contributed by atoms with E-state index in [0.29, 0.717) is 43.2 Å². The lowest BCUT2D eigenvalue weighted by atomic mass is 9.75. The molecule has 36 heavy (non-hydrogen) atoms. The van der Waals surface area contributed by atoms with E-state index in [9.17, 15) is 9.59 Å². The van der Waals surface area contributed by atoms with E-state index in [0.717, 1.165) is 42.5 Å². The van der Waals surface area contributed by atoms with Crippen LogP contribution in [0, 0.1) is 5.92 Å². The summed E-state index contributed by atoms with van der Waals surface area (Å²) >= 11 is 0. The van der Waals surface area contributed by atoms with E-state index >= 15 is 0 Å². The molecule has 2 N–H and O–H groups in total. The smallest absolute Gasteiger partial charge is 0.256 e. The topological polar surface area (TPSA) is 79.9 Å². The normalized spacial score (nSPS) is 23.7. The Morgan fingerprint density at radius 2 is 1.97 bits per heavy atom. The van der Waals surface area contributed by atoms with Crippen LogP contribution in [0.5, 0.6) is 11.5 Å². The molecule has 0 bridgehead atoms. The predicted octanol–water partition coefficient (Wildman–Crippen LogP) is 4.17. The molecule has 2 fully saturated rings. The molecule has 3 aliphatic rings. The molecule has 3 aliphatic heterocycles. The average Bonchev–Trinajstić information content (AvgIpc) is 2.89. The van der Waals surface area contributed by atoms with E-state index in [4.69, 9.17) is 9.47 Å².